The van der Waals surface area contributed by atoms with Gasteiger partial charge in [0.1, 0.15) is 0 Å². The highest BCUT2D eigenvalue weighted by Gasteiger charge is 2.14. The molecular formula is C22H26ClN5O3S. The second kappa shape index (κ2) is 11.0. The lowest BCUT2D eigenvalue weighted by Crippen LogP contribution is -2.20. The Hall–Kier alpha value is -3.04. The van der Waals surface area contributed by atoms with Gasteiger partial charge >= 0.3 is 0 Å². The first-order chi connectivity index (χ1) is 15.4. The van der Waals surface area contributed by atoms with Crippen LogP contribution in [-0.2, 0) is 17.8 Å². The Morgan fingerprint density at radius 2 is 2.00 bits per heavy atom. The van der Waals surface area contributed by atoms with Gasteiger partial charge in [-0.25, -0.2) is 4.68 Å². The van der Waals surface area contributed by atoms with Crippen LogP contribution >= 0.6 is 23.8 Å². The lowest BCUT2D eigenvalue weighted by atomic mass is 10.2. The molecule has 170 valence electrons. The Kier molecular flexibility index (Phi) is 8.13. The SMILES string of the molecule is CCCc1n[nH]c(=S)n1NCc1cc(OC)c(OCC(=O)Nc2ccc(C)cc2)cc1Cl. The van der Waals surface area contributed by atoms with Crippen LogP contribution in [0.2, 0.25) is 5.02 Å². The van der Waals surface area contributed by atoms with E-state index in [1.807, 2.05) is 31.2 Å². The van der Waals surface area contributed by atoms with E-state index in [2.05, 4.69) is 27.9 Å². The van der Waals surface area contributed by atoms with Gasteiger partial charge < -0.3 is 20.2 Å². The maximum Gasteiger partial charge on any atom is 0.262 e. The van der Waals surface area contributed by atoms with Crippen molar-refractivity contribution in [1.29, 1.82) is 0 Å². The Bertz CT molecular complexity index is 1130. The van der Waals surface area contributed by atoms with E-state index in [0.717, 1.165) is 29.8 Å². The molecule has 1 heterocycles. The number of carbonyl (C=O) groups excluding carboxylic acids is 1. The number of anilines is 1. The second-order valence-corrected chi connectivity index (χ2v) is 7.96. The summed E-state index contributed by atoms with van der Waals surface area (Å²) in [5, 5.41) is 10.3. The molecule has 0 unspecified atom stereocenters. The van der Waals surface area contributed by atoms with Gasteiger partial charge in [-0.1, -0.05) is 36.2 Å². The molecule has 10 heteroatoms. The minimum Gasteiger partial charge on any atom is -0.493 e. The van der Waals surface area contributed by atoms with Crippen LogP contribution in [0.4, 0.5) is 5.69 Å². The molecular weight excluding hydrogens is 450 g/mol. The third-order valence-electron chi connectivity index (χ3n) is 4.67. The Labute approximate surface area is 196 Å². The Morgan fingerprint density at radius 1 is 1.25 bits per heavy atom. The zero-order chi connectivity index (χ0) is 23.1. The van der Waals surface area contributed by atoms with E-state index >= 15 is 0 Å². The standard InChI is InChI=1S/C22H26ClN5O3S/c1-4-5-20-26-27-22(32)28(20)24-12-15-10-18(30-3)19(11-17(15)23)31-13-21(29)25-16-8-6-14(2)7-9-16/h6-11,24H,4-5,12-13H2,1-3H3,(H,25,29)(H,27,32). The number of nitrogens with zero attached hydrogens (tertiary/aromatic N) is 2. The van der Waals surface area contributed by atoms with E-state index in [0.29, 0.717) is 33.5 Å². The number of rotatable bonds is 10. The predicted molar refractivity (Wildman–Crippen MR) is 128 cm³/mol. The summed E-state index contributed by atoms with van der Waals surface area (Å²) in [5.41, 5.74) is 5.83. The van der Waals surface area contributed by atoms with E-state index in [4.69, 9.17) is 33.3 Å². The van der Waals surface area contributed by atoms with Gasteiger partial charge in [0.2, 0.25) is 4.77 Å². The van der Waals surface area contributed by atoms with Crippen LogP contribution in [0.1, 0.15) is 30.3 Å². The zero-order valence-electron chi connectivity index (χ0n) is 18.2. The summed E-state index contributed by atoms with van der Waals surface area (Å²) in [4.78, 5) is 12.2. The first-order valence-corrected chi connectivity index (χ1v) is 11.0. The third-order valence-corrected chi connectivity index (χ3v) is 5.30. The molecule has 8 nitrogen and oxygen atoms in total. The average Bonchev–Trinajstić information content (AvgIpc) is 3.12. The fraction of sp³-hybridized carbons (Fsp3) is 0.318. The molecule has 3 rings (SSSR count). The number of carbonyl (C=O) groups is 1. The van der Waals surface area contributed by atoms with Crippen LogP contribution in [0.25, 0.3) is 0 Å². The molecule has 1 aromatic heterocycles. The van der Waals surface area contributed by atoms with Crippen molar-refractivity contribution in [2.75, 3.05) is 24.5 Å². The topological polar surface area (TPSA) is 93.2 Å². The number of ether oxygens (including phenoxy) is 2. The lowest BCUT2D eigenvalue weighted by molar-refractivity contribution is -0.118. The molecule has 0 aliphatic carbocycles. The number of H-pyrrole nitrogens is 1. The van der Waals surface area contributed by atoms with Crippen LogP contribution in [0.15, 0.2) is 36.4 Å². The van der Waals surface area contributed by atoms with E-state index in [1.54, 1.807) is 16.8 Å². The highest BCUT2D eigenvalue weighted by molar-refractivity contribution is 7.71. The number of aromatic amines is 1. The number of aryl methyl sites for hydroxylation is 2. The fourth-order valence-electron chi connectivity index (χ4n) is 3.01. The molecule has 0 saturated carbocycles. The molecule has 32 heavy (non-hydrogen) atoms. The predicted octanol–water partition coefficient (Wildman–Crippen LogP) is 4.62. The van der Waals surface area contributed by atoms with Gasteiger partial charge in [0, 0.05) is 23.2 Å². The highest BCUT2D eigenvalue weighted by atomic mass is 35.5. The minimum absolute atomic E-state index is 0.178. The van der Waals surface area contributed by atoms with Crippen molar-refractivity contribution < 1.29 is 14.3 Å². The maximum absolute atomic E-state index is 12.2. The second-order valence-electron chi connectivity index (χ2n) is 7.16. The molecule has 3 aromatic rings. The number of amides is 1. The number of methoxy groups -OCH3 is 1. The number of hydrogen-bond acceptors (Lipinski definition) is 6. The summed E-state index contributed by atoms with van der Waals surface area (Å²) >= 11 is 11.7. The number of aromatic nitrogens is 3. The molecule has 0 aliphatic heterocycles. The highest BCUT2D eigenvalue weighted by Crippen LogP contribution is 2.33. The molecule has 0 bridgehead atoms. The van der Waals surface area contributed by atoms with Crippen LogP contribution in [0, 0.1) is 11.7 Å². The Balaban J connectivity index is 1.65. The van der Waals surface area contributed by atoms with Gasteiger partial charge in [0.05, 0.1) is 13.7 Å². The monoisotopic (exact) mass is 475 g/mol. The molecule has 0 saturated heterocycles. The maximum atomic E-state index is 12.2. The van der Waals surface area contributed by atoms with Crippen molar-refractivity contribution >= 4 is 35.4 Å². The van der Waals surface area contributed by atoms with Crippen LogP contribution in [0.3, 0.4) is 0 Å². The molecule has 0 atom stereocenters. The summed E-state index contributed by atoms with van der Waals surface area (Å²) in [6, 6.07) is 10.9. The number of hydrogen-bond donors (Lipinski definition) is 3. The van der Waals surface area contributed by atoms with Crippen molar-refractivity contribution in [3.05, 3.63) is 63.1 Å². The van der Waals surface area contributed by atoms with E-state index in [9.17, 15) is 4.79 Å². The van der Waals surface area contributed by atoms with Crippen molar-refractivity contribution in [1.82, 2.24) is 14.9 Å². The van der Waals surface area contributed by atoms with E-state index in [1.165, 1.54) is 7.11 Å². The van der Waals surface area contributed by atoms with E-state index < -0.39 is 0 Å². The van der Waals surface area contributed by atoms with Gasteiger partial charge in [-0.05, 0) is 49.3 Å². The first-order valence-electron chi connectivity index (χ1n) is 10.2. The first kappa shape index (κ1) is 23.6. The number of halogens is 1. The smallest absolute Gasteiger partial charge is 0.262 e. The largest absolute Gasteiger partial charge is 0.493 e. The van der Waals surface area contributed by atoms with Gasteiger partial charge in [-0.2, -0.15) is 5.10 Å². The Morgan fingerprint density at radius 3 is 2.69 bits per heavy atom. The van der Waals surface area contributed by atoms with Crippen LogP contribution in [-0.4, -0.2) is 34.5 Å². The van der Waals surface area contributed by atoms with E-state index in [-0.39, 0.29) is 12.5 Å². The average molecular weight is 476 g/mol. The van der Waals surface area contributed by atoms with Crippen molar-refractivity contribution in [3.63, 3.8) is 0 Å². The molecule has 0 fully saturated rings. The summed E-state index contributed by atoms with van der Waals surface area (Å²) in [6.07, 6.45) is 1.73. The van der Waals surface area contributed by atoms with Gasteiger partial charge in [0.25, 0.3) is 5.91 Å². The fourth-order valence-corrected chi connectivity index (χ4v) is 3.45. The third kappa shape index (κ3) is 6.02. The molecule has 3 N–H and O–H groups in total. The lowest BCUT2D eigenvalue weighted by Gasteiger charge is -2.15. The van der Waals surface area contributed by atoms with Crippen molar-refractivity contribution in [3.8, 4) is 11.5 Å². The molecule has 0 radical (unpaired) electrons. The quantitative estimate of drug-likeness (QED) is 0.370. The van der Waals surface area contributed by atoms with Crippen molar-refractivity contribution in [2.24, 2.45) is 0 Å². The zero-order valence-corrected chi connectivity index (χ0v) is 19.8. The number of nitrogens with one attached hydrogen (secondary N) is 3. The minimum atomic E-state index is -0.282. The summed E-state index contributed by atoms with van der Waals surface area (Å²) in [5.74, 6) is 1.39. The van der Waals surface area contributed by atoms with Crippen molar-refractivity contribution in [2.45, 2.75) is 33.2 Å². The summed E-state index contributed by atoms with van der Waals surface area (Å²) in [6.45, 7) is 4.28. The van der Waals surface area contributed by atoms with Gasteiger partial charge in [0.15, 0.2) is 23.9 Å². The van der Waals surface area contributed by atoms with Crippen LogP contribution in [0.5, 0.6) is 11.5 Å². The molecule has 0 spiro atoms. The summed E-state index contributed by atoms with van der Waals surface area (Å²) in [7, 11) is 1.53. The summed E-state index contributed by atoms with van der Waals surface area (Å²) < 4.78 is 13.3. The van der Waals surface area contributed by atoms with Gasteiger partial charge in [-0.3, -0.25) is 9.89 Å². The van der Waals surface area contributed by atoms with Gasteiger partial charge in [-0.15, -0.1) is 0 Å². The normalized spacial score (nSPS) is 10.6. The number of benzene rings is 2. The molecule has 0 aliphatic rings. The molecule has 1 amide bonds. The molecule has 2 aromatic carbocycles. The van der Waals surface area contributed by atoms with Crippen LogP contribution < -0.4 is 20.2 Å².